The predicted octanol–water partition coefficient (Wildman–Crippen LogP) is 1.77. The average Bonchev–Trinajstić information content (AvgIpc) is 2.90. The van der Waals surface area contributed by atoms with Crippen LogP contribution in [-0.2, 0) is 4.74 Å². The number of ether oxygens (including phenoxy) is 1. The van der Waals surface area contributed by atoms with E-state index >= 15 is 0 Å². The summed E-state index contributed by atoms with van der Waals surface area (Å²) in [5, 5.41) is 4.34. The van der Waals surface area contributed by atoms with E-state index in [2.05, 4.69) is 10.1 Å². The van der Waals surface area contributed by atoms with E-state index in [1.807, 2.05) is 12.1 Å². The van der Waals surface area contributed by atoms with Crippen molar-refractivity contribution in [1.29, 1.82) is 0 Å². The third-order valence-corrected chi connectivity index (χ3v) is 2.90. The number of carbonyl (C=O) groups excluding carboxylic acids is 1. The average molecular weight is 268 g/mol. The van der Waals surface area contributed by atoms with Crippen LogP contribution >= 0.6 is 0 Å². The van der Waals surface area contributed by atoms with Crippen LogP contribution in [0.4, 0.5) is 5.69 Å². The Morgan fingerprint density at radius 3 is 2.80 bits per heavy atom. The Morgan fingerprint density at radius 1 is 1.25 bits per heavy atom. The lowest BCUT2D eigenvalue weighted by Gasteiger charge is -2.00. The highest BCUT2D eigenvalue weighted by molar-refractivity contribution is 5.88. The summed E-state index contributed by atoms with van der Waals surface area (Å²) in [6, 6.07) is 12.4. The van der Waals surface area contributed by atoms with Crippen LogP contribution in [0.3, 0.4) is 0 Å². The Kier molecular flexibility index (Phi) is 2.83. The third-order valence-electron chi connectivity index (χ3n) is 2.90. The number of rotatable bonds is 2. The van der Waals surface area contributed by atoms with E-state index in [0.29, 0.717) is 22.9 Å². The van der Waals surface area contributed by atoms with Crippen molar-refractivity contribution in [3.05, 3.63) is 48.2 Å². The lowest BCUT2D eigenvalue weighted by molar-refractivity contribution is 0.0591. The van der Waals surface area contributed by atoms with Crippen molar-refractivity contribution in [2.24, 2.45) is 0 Å². The number of fused-ring (bicyclic) bond motifs is 1. The highest BCUT2D eigenvalue weighted by Crippen LogP contribution is 2.19. The molecule has 2 heterocycles. The molecule has 0 unspecified atom stereocenters. The van der Waals surface area contributed by atoms with Gasteiger partial charge in [0.25, 0.3) is 0 Å². The summed E-state index contributed by atoms with van der Waals surface area (Å²) in [4.78, 5) is 16.1. The molecule has 0 atom stereocenters. The number of nitrogens with two attached hydrogens (primary N) is 1. The van der Waals surface area contributed by atoms with Gasteiger partial charge in [-0.1, -0.05) is 18.2 Å². The number of hydrogen-bond acceptors (Lipinski definition) is 5. The molecule has 20 heavy (non-hydrogen) atoms. The molecule has 3 rings (SSSR count). The monoisotopic (exact) mass is 268 g/mol. The number of nitrogen functional groups attached to an aromatic ring is 1. The van der Waals surface area contributed by atoms with Gasteiger partial charge in [0.2, 0.25) is 0 Å². The van der Waals surface area contributed by atoms with E-state index in [-0.39, 0.29) is 0 Å². The molecular formula is C14H12N4O2. The molecule has 0 bridgehead atoms. The summed E-state index contributed by atoms with van der Waals surface area (Å²) >= 11 is 0. The van der Waals surface area contributed by atoms with Crippen LogP contribution < -0.4 is 5.73 Å². The van der Waals surface area contributed by atoms with Gasteiger partial charge in [-0.05, 0) is 24.3 Å². The first-order valence-electron chi connectivity index (χ1n) is 5.99. The van der Waals surface area contributed by atoms with Crippen molar-refractivity contribution >= 4 is 17.3 Å². The second-order valence-corrected chi connectivity index (χ2v) is 4.23. The third kappa shape index (κ3) is 1.97. The lowest BCUT2D eigenvalue weighted by atomic mass is 10.2. The molecule has 6 heteroatoms. The molecule has 3 aromatic rings. The van der Waals surface area contributed by atoms with E-state index in [1.54, 1.807) is 30.3 Å². The molecule has 0 aliphatic carbocycles. The van der Waals surface area contributed by atoms with E-state index in [4.69, 9.17) is 10.5 Å². The normalized spacial score (nSPS) is 10.7. The molecule has 100 valence electrons. The van der Waals surface area contributed by atoms with Gasteiger partial charge < -0.3 is 10.5 Å². The van der Waals surface area contributed by atoms with Crippen molar-refractivity contribution in [1.82, 2.24) is 14.6 Å². The van der Waals surface area contributed by atoms with Crippen LogP contribution in [0.2, 0.25) is 0 Å². The standard InChI is InChI=1S/C14H12N4O2/c1-20-14(19)11-6-3-7-12-16-13(17-18(11)12)9-4-2-5-10(15)8-9/h2-8H,15H2,1H3. The Hall–Kier alpha value is -2.89. The fraction of sp³-hybridized carbons (Fsp3) is 0.0714. The number of methoxy groups -OCH3 is 1. The van der Waals surface area contributed by atoms with Crippen molar-refractivity contribution < 1.29 is 9.53 Å². The van der Waals surface area contributed by atoms with Gasteiger partial charge in [-0.25, -0.2) is 14.3 Å². The van der Waals surface area contributed by atoms with Crippen LogP contribution in [0.25, 0.3) is 17.0 Å². The quantitative estimate of drug-likeness (QED) is 0.565. The highest BCUT2D eigenvalue weighted by Gasteiger charge is 2.14. The number of carbonyl (C=O) groups is 1. The molecule has 0 radical (unpaired) electrons. The summed E-state index contributed by atoms with van der Waals surface area (Å²) in [5.74, 6) is 0.0493. The zero-order valence-electron chi connectivity index (χ0n) is 10.8. The number of aromatic nitrogens is 3. The summed E-state index contributed by atoms with van der Waals surface area (Å²) in [5.41, 5.74) is 8.08. The number of benzene rings is 1. The predicted molar refractivity (Wildman–Crippen MR) is 74.2 cm³/mol. The topological polar surface area (TPSA) is 82.5 Å². The smallest absolute Gasteiger partial charge is 0.356 e. The van der Waals surface area contributed by atoms with Crippen LogP contribution in [0.5, 0.6) is 0 Å². The molecule has 0 fully saturated rings. The number of pyridine rings is 1. The van der Waals surface area contributed by atoms with Crippen molar-refractivity contribution in [3.8, 4) is 11.4 Å². The van der Waals surface area contributed by atoms with Gasteiger partial charge >= 0.3 is 5.97 Å². The zero-order chi connectivity index (χ0) is 14.1. The van der Waals surface area contributed by atoms with Crippen LogP contribution in [0.15, 0.2) is 42.5 Å². The molecule has 6 nitrogen and oxygen atoms in total. The van der Waals surface area contributed by atoms with E-state index in [1.165, 1.54) is 11.6 Å². The van der Waals surface area contributed by atoms with Crippen molar-refractivity contribution in [2.75, 3.05) is 12.8 Å². The molecule has 0 aliphatic heterocycles. The van der Waals surface area contributed by atoms with Crippen LogP contribution in [0.1, 0.15) is 10.5 Å². The highest BCUT2D eigenvalue weighted by atomic mass is 16.5. The van der Waals surface area contributed by atoms with Gasteiger partial charge in [0, 0.05) is 11.3 Å². The Morgan fingerprint density at radius 2 is 2.05 bits per heavy atom. The molecule has 0 amide bonds. The minimum absolute atomic E-state index is 0.327. The SMILES string of the molecule is COC(=O)c1cccc2nc(-c3cccc(N)c3)nn12. The Labute approximate surface area is 114 Å². The Balaban J connectivity index is 2.18. The minimum Gasteiger partial charge on any atom is -0.464 e. The summed E-state index contributed by atoms with van der Waals surface area (Å²) in [7, 11) is 1.33. The van der Waals surface area contributed by atoms with Gasteiger partial charge in [-0.15, -0.1) is 5.10 Å². The van der Waals surface area contributed by atoms with Gasteiger partial charge in [-0.3, -0.25) is 0 Å². The second kappa shape index (κ2) is 4.65. The van der Waals surface area contributed by atoms with E-state index in [9.17, 15) is 4.79 Å². The first kappa shape index (κ1) is 12.2. The van der Waals surface area contributed by atoms with Crippen molar-refractivity contribution in [3.63, 3.8) is 0 Å². The molecule has 1 aromatic carbocycles. The van der Waals surface area contributed by atoms with Crippen LogP contribution in [-0.4, -0.2) is 27.7 Å². The molecular weight excluding hydrogens is 256 g/mol. The zero-order valence-corrected chi connectivity index (χ0v) is 10.8. The number of nitrogens with zero attached hydrogens (tertiary/aromatic N) is 3. The lowest BCUT2D eigenvalue weighted by Crippen LogP contribution is -2.08. The fourth-order valence-electron chi connectivity index (χ4n) is 1.96. The maximum Gasteiger partial charge on any atom is 0.356 e. The fourth-order valence-corrected chi connectivity index (χ4v) is 1.96. The van der Waals surface area contributed by atoms with Gasteiger partial charge in [0.05, 0.1) is 7.11 Å². The molecule has 2 N–H and O–H groups in total. The van der Waals surface area contributed by atoms with Crippen molar-refractivity contribution in [2.45, 2.75) is 0 Å². The summed E-state index contributed by atoms with van der Waals surface area (Å²) < 4.78 is 6.19. The van der Waals surface area contributed by atoms with Gasteiger partial charge in [-0.2, -0.15) is 0 Å². The molecule has 0 spiro atoms. The van der Waals surface area contributed by atoms with Crippen LogP contribution in [0, 0.1) is 0 Å². The maximum absolute atomic E-state index is 11.7. The first-order valence-corrected chi connectivity index (χ1v) is 5.99. The largest absolute Gasteiger partial charge is 0.464 e. The van der Waals surface area contributed by atoms with E-state index < -0.39 is 5.97 Å². The molecule has 0 saturated heterocycles. The van der Waals surface area contributed by atoms with Gasteiger partial charge in [0.1, 0.15) is 0 Å². The molecule has 0 saturated carbocycles. The maximum atomic E-state index is 11.7. The summed E-state index contributed by atoms with van der Waals surface area (Å²) in [6.07, 6.45) is 0. The Bertz CT molecular complexity index is 795. The second-order valence-electron chi connectivity index (χ2n) is 4.23. The van der Waals surface area contributed by atoms with Gasteiger partial charge in [0.15, 0.2) is 17.2 Å². The molecule has 2 aromatic heterocycles. The first-order chi connectivity index (χ1) is 9.69. The number of hydrogen-bond donors (Lipinski definition) is 1. The minimum atomic E-state index is -0.459. The number of anilines is 1. The van der Waals surface area contributed by atoms with E-state index in [0.717, 1.165) is 5.56 Å². The number of esters is 1. The summed E-state index contributed by atoms with van der Waals surface area (Å²) in [6.45, 7) is 0. The molecule has 0 aliphatic rings.